The third-order valence-corrected chi connectivity index (χ3v) is 2.78. The fourth-order valence-electron chi connectivity index (χ4n) is 1.93. The summed E-state index contributed by atoms with van der Waals surface area (Å²) in [4.78, 5) is 0. The summed E-state index contributed by atoms with van der Waals surface area (Å²) in [6, 6.07) is 3.03. The number of benzene rings is 1. The summed E-state index contributed by atoms with van der Waals surface area (Å²) >= 11 is 0. The van der Waals surface area contributed by atoms with Gasteiger partial charge in [0.15, 0.2) is 0 Å². The van der Waals surface area contributed by atoms with E-state index in [1.807, 2.05) is 6.92 Å². The van der Waals surface area contributed by atoms with E-state index in [2.05, 4.69) is 0 Å². The molecule has 1 aliphatic rings. The van der Waals surface area contributed by atoms with Gasteiger partial charge in [0.2, 0.25) is 0 Å². The van der Waals surface area contributed by atoms with Crippen LogP contribution in [0.2, 0.25) is 0 Å². The molecule has 17 heavy (non-hydrogen) atoms. The molecule has 3 unspecified atom stereocenters. The molecule has 0 amide bonds. The summed E-state index contributed by atoms with van der Waals surface area (Å²) in [7, 11) is 0. The van der Waals surface area contributed by atoms with Gasteiger partial charge in [0.05, 0.1) is 0 Å². The Hall–Kier alpha value is -1.20. The van der Waals surface area contributed by atoms with Crippen molar-refractivity contribution in [3.8, 4) is 5.75 Å². The van der Waals surface area contributed by atoms with Gasteiger partial charge < -0.3 is 15.2 Å². The van der Waals surface area contributed by atoms with Gasteiger partial charge in [0.25, 0.3) is 0 Å². The Morgan fingerprint density at radius 2 is 1.94 bits per heavy atom. The average molecular weight is 243 g/mol. The highest BCUT2D eigenvalue weighted by atomic mass is 19.1. The molecule has 94 valence electrons. The van der Waals surface area contributed by atoms with Gasteiger partial charge >= 0.3 is 0 Å². The number of nitrogens with two attached hydrogens (primary N) is 1. The lowest BCUT2D eigenvalue weighted by molar-refractivity contribution is -0.0946. The summed E-state index contributed by atoms with van der Waals surface area (Å²) in [6.07, 6.45) is 0.195. The second-order valence-electron chi connectivity index (χ2n) is 4.08. The average Bonchev–Trinajstić information content (AvgIpc) is 2.24. The quantitative estimate of drug-likeness (QED) is 0.877. The van der Waals surface area contributed by atoms with Crippen molar-refractivity contribution < 1.29 is 18.3 Å². The summed E-state index contributed by atoms with van der Waals surface area (Å²) in [5, 5.41) is 0. The predicted molar refractivity (Wildman–Crippen MR) is 58.8 cm³/mol. The van der Waals surface area contributed by atoms with Crippen molar-refractivity contribution in [3.05, 3.63) is 29.8 Å². The molecular weight excluding hydrogens is 228 g/mol. The fourth-order valence-corrected chi connectivity index (χ4v) is 1.93. The van der Waals surface area contributed by atoms with E-state index in [0.29, 0.717) is 13.0 Å². The standard InChI is InChI=1S/C12H15F2NO2/c1-2-16-12-10(15)6-11(12)17-9-4-7(13)3-8(14)5-9/h3-5,10-12H,2,6,15H2,1H3. The van der Waals surface area contributed by atoms with Crippen molar-refractivity contribution >= 4 is 0 Å². The number of hydrogen-bond acceptors (Lipinski definition) is 3. The summed E-state index contributed by atoms with van der Waals surface area (Å²) in [6.45, 7) is 2.40. The molecular formula is C12H15F2NO2. The molecule has 0 bridgehead atoms. The monoisotopic (exact) mass is 243 g/mol. The Labute approximate surface area is 98.5 Å². The lowest BCUT2D eigenvalue weighted by Gasteiger charge is -2.41. The molecule has 0 saturated heterocycles. The molecule has 1 aromatic carbocycles. The molecule has 2 N–H and O–H groups in total. The second kappa shape index (κ2) is 4.98. The highest BCUT2D eigenvalue weighted by Crippen LogP contribution is 2.28. The highest BCUT2D eigenvalue weighted by molar-refractivity contribution is 5.24. The minimum Gasteiger partial charge on any atom is -0.487 e. The van der Waals surface area contributed by atoms with E-state index < -0.39 is 11.6 Å². The molecule has 1 aromatic rings. The van der Waals surface area contributed by atoms with Crippen LogP contribution in [-0.4, -0.2) is 24.9 Å². The predicted octanol–water partition coefficient (Wildman–Crippen LogP) is 1.85. The van der Waals surface area contributed by atoms with Gasteiger partial charge in [0, 0.05) is 37.3 Å². The van der Waals surface area contributed by atoms with Crippen LogP contribution in [0.15, 0.2) is 18.2 Å². The first kappa shape index (κ1) is 12.3. The van der Waals surface area contributed by atoms with Crippen LogP contribution in [0.25, 0.3) is 0 Å². The van der Waals surface area contributed by atoms with Crippen molar-refractivity contribution in [2.45, 2.75) is 31.6 Å². The molecule has 1 fully saturated rings. The van der Waals surface area contributed by atoms with Gasteiger partial charge in [-0.2, -0.15) is 0 Å². The zero-order valence-electron chi connectivity index (χ0n) is 9.53. The van der Waals surface area contributed by atoms with Gasteiger partial charge in [-0.3, -0.25) is 0 Å². The number of hydrogen-bond donors (Lipinski definition) is 1. The SMILES string of the molecule is CCOC1C(N)CC1Oc1cc(F)cc(F)c1. The van der Waals surface area contributed by atoms with Crippen LogP contribution in [0.1, 0.15) is 13.3 Å². The fraction of sp³-hybridized carbons (Fsp3) is 0.500. The van der Waals surface area contributed by atoms with Crippen molar-refractivity contribution in [2.75, 3.05) is 6.61 Å². The van der Waals surface area contributed by atoms with Crippen LogP contribution in [-0.2, 0) is 4.74 Å². The maximum Gasteiger partial charge on any atom is 0.129 e. The molecule has 0 aliphatic heterocycles. The number of halogens is 2. The normalized spacial score (nSPS) is 27.6. The van der Waals surface area contributed by atoms with Crippen LogP contribution in [0, 0.1) is 11.6 Å². The molecule has 3 nitrogen and oxygen atoms in total. The molecule has 0 spiro atoms. The maximum absolute atomic E-state index is 12.9. The summed E-state index contributed by atoms with van der Waals surface area (Å²) in [5.41, 5.74) is 5.76. The molecule has 1 aliphatic carbocycles. The van der Waals surface area contributed by atoms with Crippen LogP contribution in [0.5, 0.6) is 5.75 Å². The van der Waals surface area contributed by atoms with Gasteiger partial charge in [-0.05, 0) is 6.92 Å². The lowest BCUT2D eigenvalue weighted by Crippen LogP contribution is -2.59. The van der Waals surface area contributed by atoms with Crippen LogP contribution in [0.4, 0.5) is 8.78 Å². The van der Waals surface area contributed by atoms with E-state index in [-0.39, 0.29) is 24.0 Å². The Bertz CT molecular complexity index is 380. The summed E-state index contributed by atoms with van der Waals surface area (Å²) in [5.74, 6) is -1.14. The largest absolute Gasteiger partial charge is 0.487 e. The minimum atomic E-state index is -0.656. The van der Waals surface area contributed by atoms with E-state index in [9.17, 15) is 8.78 Å². The van der Waals surface area contributed by atoms with E-state index in [0.717, 1.165) is 18.2 Å². The third kappa shape index (κ3) is 2.73. The molecule has 0 radical (unpaired) electrons. The molecule has 0 heterocycles. The zero-order chi connectivity index (χ0) is 12.4. The topological polar surface area (TPSA) is 44.5 Å². The molecule has 5 heteroatoms. The lowest BCUT2D eigenvalue weighted by atomic mass is 9.86. The van der Waals surface area contributed by atoms with Gasteiger partial charge in [-0.1, -0.05) is 0 Å². The van der Waals surface area contributed by atoms with E-state index in [4.69, 9.17) is 15.2 Å². The molecule has 2 rings (SSSR count). The van der Waals surface area contributed by atoms with E-state index in [1.54, 1.807) is 0 Å². The second-order valence-corrected chi connectivity index (χ2v) is 4.08. The molecule has 3 atom stereocenters. The Balaban J connectivity index is 2.01. The van der Waals surface area contributed by atoms with Crippen molar-refractivity contribution in [2.24, 2.45) is 5.73 Å². The first-order chi connectivity index (χ1) is 8.10. The van der Waals surface area contributed by atoms with Crippen LogP contribution in [0.3, 0.4) is 0 Å². The highest BCUT2D eigenvalue weighted by Gasteiger charge is 2.41. The molecule has 0 aromatic heterocycles. The van der Waals surface area contributed by atoms with Gasteiger partial charge in [0.1, 0.15) is 29.6 Å². The Morgan fingerprint density at radius 3 is 2.47 bits per heavy atom. The Morgan fingerprint density at radius 1 is 1.29 bits per heavy atom. The van der Waals surface area contributed by atoms with E-state index in [1.165, 1.54) is 0 Å². The van der Waals surface area contributed by atoms with E-state index >= 15 is 0 Å². The first-order valence-electron chi connectivity index (χ1n) is 5.60. The van der Waals surface area contributed by atoms with Crippen molar-refractivity contribution in [1.82, 2.24) is 0 Å². The number of rotatable bonds is 4. The van der Waals surface area contributed by atoms with Crippen LogP contribution >= 0.6 is 0 Å². The van der Waals surface area contributed by atoms with Gasteiger partial charge in [-0.15, -0.1) is 0 Å². The maximum atomic E-state index is 12.9. The first-order valence-corrected chi connectivity index (χ1v) is 5.60. The van der Waals surface area contributed by atoms with Crippen LogP contribution < -0.4 is 10.5 Å². The summed E-state index contributed by atoms with van der Waals surface area (Å²) < 4.78 is 36.8. The molecule has 1 saturated carbocycles. The third-order valence-electron chi connectivity index (χ3n) is 2.78. The van der Waals surface area contributed by atoms with Crippen molar-refractivity contribution in [3.63, 3.8) is 0 Å². The Kier molecular flexibility index (Phi) is 3.59. The van der Waals surface area contributed by atoms with Gasteiger partial charge in [-0.25, -0.2) is 8.78 Å². The smallest absolute Gasteiger partial charge is 0.129 e. The minimum absolute atomic E-state index is 0.0710. The van der Waals surface area contributed by atoms with Crippen molar-refractivity contribution in [1.29, 1.82) is 0 Å². The zero-order valence-corrected chi connectivity index (χ0v) is 9.53. The number of ether oxygens (including phenoxy) is 2.